The summed E-state index contributed by atoms with van der Waals surface area (Å²) >= 11 is 1.30. The van der Waals surface area contributed by atoms with Crippen LogP contribution in [0.3, 0.4) is 0 Å². The third-order valence-electron chi connectivity index (χ3n) is 1.95. The summed E-state index contributed by atoms with van der Waals surface area (Å²) in [6, 6.07) is 0. The van der Waals surface area contributed by atoms with Gasteiger partial charge in [-0.3, -0.25) is 4.79 Å². The van der Waals surface area contributed by atoms with Gasteiger partial charge in [0.2, 0.25) is 5.88 Å². The van der Waals surface area contributed by atoms with Crippen molar-refractivity contribution in [3.05, 3.63) is 15.9 Å². The highest BCUT2D eigenvalue weighted by Gasteiger charge is 2.09. The van der Waals surface area contributed by atoms with Crippen LogP contribution >= 0.6 is 11.8 Å². The molecule has 78 valence electrons. The van der Waals surface area contributed by atoms with Crippen LogP contribution in [0.2, 0.25) is 0 Å². The van der Waals surface area contributed by atoms with Crippen molar-refractivity contribution >= 4 is 11.8 Å². The Hall–Kier alpha value is -0.970. The molecule has 1 heterocycles. The smallest absolute Gasteiger partial charge is 0.258 e. The van der Waals surface area contributed by atoms with Crippen molar-refractivity contribution in [2.45, 2.75) is 31.3 Å². The maximum Gasteiger partial charge on any atom is 0.258 e. The molecule has 14 heavy (non-hydrogen) atoms. The molecule has 0 aliphatic heterocycles. The lowest BCUT2D eigenvalue weighted by Crippen LogP contribution is -2.14. The number of nitrogens with one attached hydrogen (secondary N) is 1. The molecule has 1 aromatic rings. The molecule has 0 spiro atoms. The Bertz CT molecular complexity index is 362. The Kier molecular flexibility index (Phi) is 4.00. The number of aromatic hydroxyl groups is 1. The van der Waals surface area contributed by atoms with E-state index in [0.29, 0.717) is 17.1 Å². The van der Waals surface area contributed by atoms with Crippen molar-refractivity contribution in [2.24, 2.45) is 0 Å². The third kappa shape index (κ3) is 2.51. The van der Waals surface area contributed by atoms with Crippen molar-refractivity contribution in [2.75, 3.05) is 6.26 Å². The van der Waals surface area contributed by atoms with E-state index >= 15 is 0 Å². The van der Waals surface area contributed by atoms with E-state index in [4.69, 9.17) is 0 Å². The van der Waals surface area contributed by atoms with Gasteiger partial charge in [-0.1, -0.05) is 25.1 Å². The molecule has 0 aromatic carbocycles. The molecule has 0 aliphatic rings. The number of nitrogens with zero attached hydrogens (tertiary/aromatic N) is 1. The Labute approximate surface area is 86.8 Å². The normalized spacial score (nSPS) is 10.4. The predicted octanol–water partition coefficient (Wildman–Crippen LogP) is 1.54. The lowest BCUT2D eigenvalue weighted by molar-refractivity contribution is 0.434. The van der Waals surface area contributed by atoms with Crippen molar-refractivity contribution in [1.82, 2.24) is 9.97 Å². The molecule has 0 saturated carbocycles. The first-order chi connectivity index (χ1) is 6.69. The maximum absolute atomic E-state index is 11.5. The minimum Gasteiger partial charge on any atom is -0.493 e. The highest BCUT2D eigenvalue weighted by atomic mass is 32.2. The molecule has 0 bridgehead atoms. The van der Waals surface area contributed by atoms with Crippen LogP contribution in [0.5, 0.6) is 5.88 Å². The summed E-state index contributed by atoms with van der Waals surface area (Å²) in [7, 11) is 0. The molecule has 1 rings (SSSR count). The van der Waals surface area contributed by atoms with Gasteiger partial charge in [-0.15, -0.1) is 0 Å². The molecule has 0 unspecified atom stereocenters. The van der Waals surface area contributed by atoms with Crippen LogP contribution in [0.15, 0.2) is 9.95 Å². The molecule has 4 nitrogen and oxygen atoms in total. The van der Waals surface area contributed by atoms with Crippen LogP contribution in [0.1, 0.15) is 25.3 Å². The minimum atomic E-state index is -0.227. The van der Waals surface area contributed by atoms with E-state index in [2.05, 4.69) is 9.97 Å². The van der Waals surface area contributed by atoms with Gasteiger partial charge >= 0.3 is 0 Å². The molecule has 0 amide bonds. The van der Waals surface area contributed by atoms with Crippen LogP contribution in [0.4, 0.5) is 0 Å². The van der Waals surface area contributed by atoms with E-state index in [1.54, 1.807) is 6.26 Å². The molecule has 0 aliphatic carbocycles. The molecule has 2 N–H and O–H groups in total. The average molecular weight is 214 g/mol. The zero-order chi connectivity index (χ0) is 10.6. The third-order valence-corrected chi connectivity index (χ3v) is 2.53. The van der Waals surface area contributed by atoms with Crippen LogP contribution in [-0.4, -0.2) is 21.3 Å². The Balaban J connectivity index is 3.00. The molecule has 0 atom stereocenters. The summed E-state index contributed by atoms with van der Waals surface area (Å²) in [6.07, 6.45) is 4.25. The lowest BCUT2D eigenvalue weighted by atomic mass is 10.1. The number of aromatic amines is 1. The first-order valence-corrected chi connectivity index (χ1v) is 5.77. The van der Waals surface area contributed by atoms with Gasteiger partial charge in [0.15, 0.2) is 5.16 Å². The molecule has 0 radical (unpaired) electrons. The van der Waals surface area contributed by atoms with Crippen molar-refractivity contribution < 1.29 is 5.11 Å². The van der Waals surface area contributed by atoms with Gasteiger partial charge in [-0.25, -0.2) is 0 Å². The largest absolute Gasteiger partial charge is 0.493 e. The van der Waals surface area contributed by atoms with Gasteiger partial charge in [0.05, 0.1) is 5.56 Å². The molecule has 0 fully saturated rings. The van der Waals surface area contributed by atoms with Gasteiger partial charge in [-0.05, 0) is 19.1 Å². The van der Waals surface area contributed by atoms with Crippen molar-refractivity contribution in [3.63, 3.8) is 0 Å². The summed E-state index contributed by atoms with van der Waals surface area (Å²) in [6.45, 7) is 2.04. The Morgan fingerprint density at radius 1 is 1.57 bits per heavy atom. The van der Waals surface area contributed by atoms with E-state index in [9.17, 15) is 9.90 Å². The lowest BCUT2D eigenvalue weighted by Gasteiger charge is -2.03. The van der Waals surface area contributed by atoms with Gasteiger partial charge in [-0.2, -0.15) is 4.98 Å². The fourth-order valence-corrected chi connectivity index (χ4v) is 1.51. The number of rotatable bonds is 4. The SMILES string of the molecule is CCCCc1c(O)nc(SC)[nH]c1=O. The molecular weight excluding hydrogens is 200 g/mol. The van der Waals surface area contributed by atoms with Crippen LogP contribution in [0.25, 0.3) is 0 Å². The minimum absolute atomic E-state index is 0.133. The fourth-order valence-electron chi connectivity index (χ4n) is 1.14. The summed E-state index contributed by atoms with van der Waals surface area (Å²) in [5, 5.41) is 9.94. The highest BCUT2D eigenvalue weighted by molar-refractivity contribution is 7.98. The van der Waals surface area contributed by atoms with E-state index in [1.807, 2.05) is 6.92 Å². The molecule has 0 saturated heterocycles. The van der Waals surface area contributed by atoms with Crippen molar-refractivity contribution in [1.29, 1.82) is 0 Å². The number of hydrogen-bond donors (Lipinski definition) is 2. The van der Waals surface area contributed by atoms with Gasteiger partial charge < -0.3 is 10.1 Å². The Morgan fingerprint density at radius 2 is 2.29 bits per heavy atom. The topological polar surface area (TPSA) is 66.0 Å². The maximum atomic E-state index is 11.5. The Morgan fingerprint density at radius 3 is 2.79 bits per heavy atom. The zero-order valence-corrected chi connectivity index (χ0v) is 9.15. The monoisotopic (exact) mass is 214 g/mol. The fraction of sp³-hybridized carbons (Fsp3) is 0.556. The van der Waals surface area contributed by atoms with E-state index in [-0.39, 0.29) is 11.4 Å². The predicted molar refractivity (Wildman–Crippen MR) is 56.9 cm³/mol. The second-order valence-electron chi connectivity index (χ2n) is 2.98. The summed E-state index contributed by atoms with van der Waals surface area (Å²) < 4.78 is 0. The summed E-state index contributed by atoms with van der Waals surface area (Å²) in [4.78, 5) is 17.9. The standard InChI is InChI=1S/C9H14N2O2S/c1-3-4-5-6-7(12)10-9(14-2)11-8(6)13/h3-5H2,1-2H3,(H2,10,11,12,13). The molecular formula is C9H14N2O2S. The first-order valence-electron chi connectivity index (χ1n) is 4.55. The van der Waals surface area contributed by atoms with Crippen LogP contribution in [-0.2, 0) is 6.42 Å². The number of H-pyrrole nitrogens is 1. The van der Waals surface area contributed by atoms with E-state index in [1.165, 1.54) is 11.8 Å². The zero-order valence-electron chi connectivity index (χ0n) is 8.33. The first kappa shape index (κ1) is 11.1. The summed E-state index contributed by atoms with van der Waals surface area (Å²) in [5.41, 5.74) is 0.167. The van der Waals surface area contributed by atoms with Crippen LogP contribution < -0.4 is 5.56 Å². The molecule has 1 aromatic heterocycles. The second kappa shape index (κ2) is 5.05. The summed E-state index contributed by atoms with van der Waals surface area (Å²) in [5.74, 6) is -0.133. The van der Waals surface area contributed by atoms with Crippen LogP contribution in [0, 0.1) is 0 Å². The highest BCUT2D eigenvalue weighted by Crippen LogP contribution is 2.15. The number of unbranched alkanes of at least 4 members (excludes halogenated alkanes) is 1. The van der Waals surface area contributed by atoms with E-state index in [0.717, 1.165) is 12.8 Å². The van der Waals surface area contributed by atoms with Gasteiger partial charge in [0, 0.05) is 0 Å². The molecule has 5 heteroatoms. The quantitative estimate of drug-likeness (QED) is 0.589. The second-order valence-corrected chi connectivity index (χ2v) is 3.78. The average Bonchev–Trinajstić information content (AvgIpc) is 2.16. The number of aromatic nitrogens is 2. The number of thioether (sulfide) groups is 1. The van der Waals surface area contributed by atoms with Gasteiger partial charge in [0.1, 0.15) is 0 Å². The van der Waals surface area contributed by atoms with Gasteiger partial charge in [0.25, 0.3) is 5.56 Å². The van der Waals surface area contributed by atoms with Crippen molar-refractivity contribution in [3.8, 4) is 5.88 Å². The number of hydrogen-bond acceptors (Lipinski definition) is 4. The van der Waals surface area contributed by atoms with E-state index < -0.39 is 0 Å².